The number of aryl methyl sites for hydroxylation is 1. The number of carboxylic acid groups (broad SMARTS) is 1. The van der Waals surface area contributed by atoms with Crippen LogP contribution in [0.3, 0.4) is 0 Å². The highest BCUT2D eigenvalue weighted by molar-refractivity contribution is 5.83. The fourth-order valence-electron chi connectivity index (χ4n) is 3.85. The molecule has 0 radical (unpaired) electrons. The summed E-state index contributed by atoms with van der Waals surface area (Å²) in [6.07, 6.45) is 9.32. The van der Waals surface area contributed by atoms with Gasteiger partial charge in [0.2, 0.25) is 0 Å². The molecule has 0 aromatic heterocycles. The molecule has 0 spiro atoms. The topological polar surface area (TPSA) is 40.5 Å². The summed E-state index contributed by atoms with van der Waals surface area (Å²) in [7, 11) is 0. The zero-order chi connectivity index (χ0) is 20.8. The van der Waals surface area contributed by atoms with Gasteiger partial charge in [-0.3, -0.25) is 0 Å². The van der Waals surface area contributed by atoms with Gasteiger partial charge >= 0.3 is 5.97 Å². The number of fused-ring (bicyclic) bond motifs is 1. The lowest BCUT2D eigenvalue weighted by atomic mass is 9.92. The van der Waals surface area contributed by atoms with Gasteiger partial charge in [0, 0.05) is 24.4 Å². The molecule has 2 aromatic rings. The summed E-state index contributed by atoms with van der Waals surface area (Å²) >= 11 is 0. The van der Waals surface area contributed by atoms with Crippen LogP contribution in [0.2, 0.25) is 0 Å². The van der Waals surface area contributed by atoms with E-state index in [1.165, 1.54) is 29.3 Å². The summed E-state index contributed by atoms with van der Waals surface area (Å²) in [5.74, 6) is -0.927. The van der Waals surface area contributed by atoms with E-state index in [1.807, 2.05) is 30.4 Å². The SMILES string of the molecule is C/C(C=CC=C(c1ccccc1)c1ccc2c(c1)CCCN2C(C)C)=C\C(=O)O. The molecule has 0 bridgehead atoms. The van der Waals surface area contributed by atoms with Crippen LogP contribution in [0.25, 0.3) is 5.57 Å². The maximum atomic E-state index is 10.8. The number of rotatable bonds is 6. The quantitative estimate of drug-likeness (QED) is 0.498. The van der Waals surface area contributed by atoms with Crippen molar-refractivity contribution < 1.29 is 9.90 Å². The molecule has 1 aliphatic heterocycles. The van der Waals surface area contributed by atoms with Crippen LogP contribution in [0.15, 0.2) is 78.4 Å². The summed E-state index contributed by atoms with van der Waals surface area (Å²) in [5, 5.41) is 8.89. The van der Waals surface area contributed by atoms with Gasteiger partial charge < -0.3 is 10.0 Å². The van der Waals surface area contributed by atoms with Crippen molar-refractivity contribution in [3.8, 4) is 0 Å². The van der Waals surface area contributed by atoms with Crippen molar-refractivity contribution in [1.29, 1.82) is 0 Å². The van der Waals surface area contributed by atoms with Gasteiger partial charge in [0.05, 0.1) is 0 Å². The van der Waals surface area contributed by atoms with E-state index < -0.39 is 5.97 Å². The van der Waals surface area contributed by atoms with Crippen LogP contribution in [-0.2, 0) is 11.2 Å². The first-order chi connectivity index (χ1) is 14.0. The summed E-state index contributed by atoms with van der Waals surface area (Å²) in [4.78, 5) is 13.3. The fourth-order valence-corrected chi connectivity index (χ4v) is 3.85. The highest BCUT2D eigenvalue weighted by atomic mass is 16.4. The van der Waals surface area contributed by atoms with E-state index in [9.17, 15) is 4.79 Å². The number of hydrogen-bond acceptors (Lipinski definition) is 2. The van der Waals surface area contributed by atoms with E-state index in [0.717, 1.165) is 24.1 Å². The maximum absolute atomic E-state index is 10.8. The van der Waals surface area contributed by atoms with Crippen LogP contribution in [0.5, 0.6) is 0 Å². The molecule has 0 saturated heterocycles. The summed E-state index contributed by atoms with van der Waals surface area (Å²) < 4.78 is 0. The summed E-state index contributed by atoms with van der Waals surface area (Å²) in [6, 6.07) is 17.6. The Morgan fingerprint density at radius 3 is 2.55 bits per heavy atom. The molecule has 2 aromatic carbocycles. The molecule has 3 heteroatoms. The number of hydrogen-bond donors (Lipinski definition) is 1. The Morgan fingerprint density at radius 1 is 1.10 bits per heavy atom. The monoisotopic (exact) mass is 387 g/mol. The molecule has 0 amide bonds. The third-order valence-corrected chi connectivity index (χ3v) is 5.23. The van der Waals surface area contributed by atoms with Crippen molar-refractivity contribution in [2.45, 2.75) is 39.7 Å². The number of carbonyl (C=O) groups is 1. The maximum Gasteiger partial charge on any atom is 0.328 e. The first kappa shape index (κ1) is 20.7. The molecule has 1 aliphatic rings. The van der Waals surface area contributed by atoms with Crippen LogP contribution in [-0.4, -0.2) is 23.7 Å². The first-order valence-corrected chi connectivity index (χ1v) is 10.2. The Hall–Kier alpha value is -3.07. The molecule has 0 fully saturated rings. The molecule has 3 rings (SSSR count). The predicted molar refractivity (Wildman–Crippen MR) is 121 cm³/mol. The second-order valence-electron chi connectivity index (χ2n) is 7.77. The zero-order valence-electron chi connectivity index (χ0n) is 17.4. The zero-order valence-corrected chi connectivity index (χ0v) is 17.4. The van der Waals surface area contributed by atoms with Crippen LogP contribution < -0.4 is 4.90 Å². The minimum atomic E-state index is -0.927. The van der Waals surface area contributed by atoms with Crippen molar-refractivity contribution in [3.05, 3.63) is 95.1 Å². The summed E-state index contributed by atoms with van der Waals surface area (Å²) in [6.45, 7) is 7.40. The van der Waals surface area contributed by atoms with Gasteiger partial charge in [-0.05, 0) is 73.6 Å². The average Bonchev–Trinajstić information content (AvgIpc) is 2.70. The Labute approximate surface area is 173 Å². The van der Waals surface area contributed by atoms with Gasteiger partial charge in [0.25, 0.3) is 0 Å². The van der Waals surface area contributed by atoms with E-state index in [4.69, 9.17) is 5.11 Å². The molecule has 0 atom stereocenters. The molecule has 0 aliphatic carbocycles. The number of nitrogens with zero attached hydrogens (tertiary/aromatic N) is 1. The smallest absolute Gasteiger partial charge is 0.328 e. The van der Waals surface area contributed by atoms with Crippen LogP contribution in [0.1, 0.15) is 43.9 Å². The van der Waals surface area contributed by atoms with Gasteiger partial charge in [-0.2, -0.15) is 0 Å². The minimum Gasteiger partial charge on any atom is -0.478 e. The van der Waals surface area contributed by atoms with Gasteiger partial charge in [0.1, 0.15) is 0 Å². The van der Waals surface area contributed by atoms with Gasteiger partial charge in [0.15, 0.2) is 0 Å². The van der Waals surface area contributed by atoms with E-state index in [2.05, 4.69) is 55.2 Å². The molecule has 1 N–H and O–H groups in total. The second kappa shape index (κ2) is 9.42. The highest BCUT2D eigenvalue weighted by Gasteiger charge is 2.19. The van der Waals surface area contributed by atoms with E-state index in [0.29, 0.717) is 11.6 Å². The molecule has 0 unspecified atom stereocenters. The van der Waals surface area contributed by atoms with Crippen molar-refractivity contribution in [1.82, 2.24) is 0 Å². The van der Waals surface area contributed by atoms with Crippen LogP contribution in [0.4, 0.5) is 5.69 Å². The lowest BCUT2D eigenvalue weighted by molar-refractivity contribution is -0.131. The average molecular weight is 388 g/mol. The van der Waals surface area contributed by atoms with E-state index >= 15 is 0 Å². The first-order valence-electron chi connectivity index (χ1n) is 10.2. The fraction of sp³-hybridized carbons (Fsp3) is 0.269. The predicted octanol–water partition coefficient (Wildman–Crippen LogP) is 5.87. The lowest BCUT2D eigenvalue weighted by Crippen LogP contribution is -2.35. The number of anilines is 1. The molecular formula is C26H29NO2. The lowest BCUT2D eigenvalue weighted by Gasteiger charge is -2.35. The van der Waals surface area contributed by atoms with Gasteiger partial charge in [-0.15, -0.1) is 0 Å². The summed E-state index contributed by atoms with van der Waals surface area (Å²) in [5.41, 5.74) is 6.92. The molecule has 1 heterocycles. The molecule has 150 valence electrons. The third kappa shape index (κ3) is 5.26. The minimum absolute atomic E-state index is 0.496. The largest absolute Gasteiger partial charge is 0.478 e. The van der Waals surface area contributed by atoms with Crippen molar-refractivity contribution in [3.63, 3.8) is 0 Å². The number of allylic oxidation sites excluding steroid dienone is 4. The Balaban J connectivity index is 2.00. The highest BCUT2D eigenvalue weighted by Crippen LogP contribution is 2.33. The van der Waals surface area contributed by atoms with Crippen LogP contribution >= 0.6 is 0 Å². The Bertz CT molecular complexity index is 952. The normalized spacial score (nSPS) is 15.1. The third-order valence-electron chi connectivity index (χ3n) is 5.23. The molecule has 29 heavy (non-hydrogen) atoms. The van der Waals surface area contributed by atoms with Gasteiger partial charge in [-0.25, -0.2) is 4.79 Å². The van der Waals surface area contributed by atoms with Crippen molar-refractivity contribution >= 4 is 17.2 Å². The van der Waals surface area contributed by atoms with E-state index in [-0.39, 0.29) is 0 Å². The number of carboxylic acids is 1. The second-order valence-corrected chi connectivity index (χ2v) is 7.77. The number of aliphatic carboxylic acids is 1. The van der Waals surface area contributed by atoms with E-state index in [1.54, 1.807) is 6.92 Å². The van der Waals surface area contributed by atoms with Gasteiger partial charge in [-0.1, -0.05) is 54.6 Å². The molecular weight excluding hydrogens is 358 g/mol. The van der Waals surface area contributed by atoms with Crippen molar-refractivity contribution in [2.24, 2.45) is 0 Å². The Morgan fingerprint density at radius 2 is 1.86 bits per heavy atom. The standard InChI is InChI=1S/C26H29NO2/c1-19(2)27-16-8-12-23-18-22(14-15-25(23)27)24(21-10-5-4-6-11-21)13-7-9-20(3)17-26(28)29/h4-7,9-11,13-15,17-19H,8,12,16H2,1-3H3,(H,28,29)/b9-7?,20-17+,24-13?. The molecule has 3 nitrogen and oxygen atoms in total. The molecule has 0 saturated carbocycles. The van der Waals surface area contributed by atoms with Crippen molar-refractivity contribution in [2.75, 3.05) is 11.4 Å². The number of benzene rings is 2. The van der Waals surface area contributed by atoms with Crippen LogP contribution in [0, 0.1) is 0 Å². The Kier molecular flexibility index (Phi) is 6.71.